The predicted molar refractivity (Wildman–Crippen MR) is 97.1 cm³/mol. The fraction of sp³-hybridized carbons (Fsp3) is 0.125. The van der Waals surface area contributed by atoms with Crippen LogP contribution in [0.1, 0.15) is 17.3 Å². The molecule has 5 nitrogen and oxygen atoms in total. The fourth-order valence-electron chi connectivity index (χ4n) is 1.88. The predicted octanol–water partition coefficient (Wildman–Crippen LogP) is 3.68. The summed E-state index contributed by atoms with van der Waals surface area (Å²) in [6, 6.07) is 11.6. The first-order chi connectivity index (χ1) is 11.0. The number of aromatic hydroxyl groups is 1. The summed E-state index contributed by atoms with van der Waals surface area (Å²) in [4.78, 5) is 12.4. The van der Waals surface area contributed by atoms with Gasteiger partial charge in [0.1, 0.15) is 11.5 Å². The molecule has 2 aromatic carbocycles. The maximum Gasteiger partial charge on any atom is 0.261 e. The van der Waals surface area contributed by atoms with Gasteiger partial charge in [0.2, 0.25) is 0 Å². The molecule has 0 fully saturated rings. The van der Waals surface area contributed by atoms with Crippen molar-refractivity contribution in [2.45, 2.75) is 6.92 Å². The van der Waals surface area contributed by atoms with E-state index >= 15 is 0 Å². The van der Waals surface area contributed by atoms with Crippen molar-refractivity contribution in [3.05, 3.63) is 52.5 Å². The molecule has 7 heteroatoms. The van der Waals surface area contributed by atoms with Gasteiger partial charge in [-0.05, 0) is 49.5 Å². The van der Waals surface area contributed by atoms with Gasteiger partial charge >= 0.3 is 0 Å². The van der Waals surface area contributed by atoms with Crippen LogP contribution < -0.4 is 15.4 Å². The van der Waals surface area contributed by atoms with E-state index in [4.69, 9.17) is 17.0 Å². The van der Waals surface area contributed by atoms with Gasteiger partial charge < -0.3 is 15.2 Å². The lowest BCUT2D eigenvalue weighted by molar-refractivity contribution is 0.0974. The van der Waals surface area contributed by atoms with E-state index in [2.05, 4.69) is 26.6 Å². The number of ether oxygens (including phenoxy) is 1. The smallest absolute Gasteiger partial charge is 0.261 e. The van der Waals surface area contributed by atoms with Crippen LogP contribution in [0.2, 0.25) is 0 Å². The van der Waals surface area contributed by atoms with Gasteiger partial charge in [0.25, 0.3) is 5.91 Å². The zero-order chi connectivity index (χ0) is 16.8. The van der Waals surface area contributed by atoms with E-state index in [1.54, 1.807) is 36.4 Å². The summed E-state index contributed by atoms with van der Waals surface area (Å²) in [5.74, 6) is 0.204. The average Bonchev–Trinajstić information content (AvgIpc) is 2.49. The van der Waals surface area contributed by atoms with E-state index in [0.29, 0.717) is 23.6 Å². The normalized spacial score (nSPS) is 10.0. The fourth-order valence-corrected chi connectivity index (χ4v) is 2.45. The molecular weight excluding hydrogens is 380 g/mol. The SMILES string of the molecule is CCOc1ccc(Br)cc1C(=O)NC(=S)Nc1cccc(O)c1. The van der Waals surface area contributed by atoms with E-state index in [9.17, 15) is 9.90 Å². The molecule has 0 saturated carbocycles. The van der Waals surface area contributed by atoms with Crippen LogP contribution in [0, 0.1) is 0 Å². The number of amides is 1. The van der Waals surface area contributed by atoms with Crippen molar-refractivity contribution in [3.8, 4) is 11.5 Å². The van der Waals surface area contributed by atoms with Gasteiger partial charge in [0, 0.05) is 16.2 Å². The Morgan fingerprint density at radius 2 is 2.09 bits per heavy atom. The molecule has 1 amide bonds. The number of hydrogen-bond donors (Lipinski definition) is 3. The summed E-state index contributed by atoms with van der Waals surface area (Å²) in [5.41, 5.74) is 0.954. The number of rotatable bonds is 4. The number of phenols is 1. The van der Waals surface area contributed by atoms with Gasteiger partial charge in [-0.15, -0.1) is 0 Å². The minimum Gasteiger partial charge on any atom is -0.508 e. The number of carbonyl (C=O) groups excluding carboxylic acids is 1. The van der Waals surface area contributed by atoms with Crippen molar-refractivity contribution >= 4 is 44.9 Å². The Morgan fingerprint density at radius 1 is 1.30 bits per heavy atom. The van der Waals surface area contributed by atoms with Crippen LogP contribution in [0.3, 0.4) is 0 Å². The molecule has 3 N–H and O–H groups in total. The third-order valence-electron chi connectivity index (χ3n) is 2.82. The van der Waals surface area contributed by atoms with E-state index in [-0.39, 0.29) is 16.8 Å². The standard InChI is InChI=1S/C16H15BrN2O3S/c1-2-22-14-7-6-10(17)8-13(14)15(21)19-16(23)18-11-4-3-5-12(20)9-11/h3-9,20H,2H2,1H3,(H2,18,19,21,23). The summed E-state index contributed by atoms with van der Waals surface area (Å²) in [5, 5.41) is 15.0. The highest BCUT2D eigenvalue weighted by Gasteiger charge is 2.14. The number of anilines is 1. The van der Waals surface area contributed by atoms with E-state index in [1.165, 1.54) is 6.07 Å². The molecule has 0 aliphatic carbocycles. The molecule has 0 atom stereocenters. The third kappa shape index (κ3) is 4.94. The monoisotopic (exact) mass is 394 g/mol. The number of halogens is 1. The minimum absolute atomic E-state index is 0.106. The van der Waals surface area contributed by atoms with E-state index in [0.717, 1.165) is 4.47 Å². The molecule has 0 saturated heterocycles. The van der Waals surface area contributed by atoms with Crippen LogP contribution in [0.15, 0.2) is 46.9 Å². The number of nitrogens with one attached hydrogen (secondary N) is 2. The Hall–Kier alpha value is -2.12. The van der Waals surface area contributed by atoms with E-state index < -0.39 is 0 Å². The lowest BCUT2D eigenvalue weighted by Gasteiger charge is -2.13. The van der Waals surface area contributed by atoms with Crippen LogP contribution in [0.25, 0.3) is 0 Å². The van der Waals surface area contributed by atoms with Gasteiger partial charge in [-0.3, -0.25) is 10.1 Å². The molecule has 120 valence electrons. The number of thiocarbonyl (C=S) groups is 1. The summed E-state index contributed by atoms with van der Waals surface area (Å²) < 4.78 is 6.21. The molecule has 23 heavy (non-hydrogen) atoms. The van der Waals surface area contributed by atoms with Crippen molar-refractivity contribution in [3.63, 3.8) is 0 Å². The summed E-state index contributed by atoms with van der Waals surface area (Å²) in [6.07, 6.45) is 0. The lowest BCUT2D eigenvalue weighted by Crippen LogP contribution is -2.34. The van der Waals surface area contributed by atoms with Crippen LogP contribution in [0.4, 0.5) is 5.69 Å². The van der Waals surface area contributed by atoms with Gasteiger partial charge in [0.05, 0.1) is 12.2 Å². The minimum atomic E-state index is -0.382. The summed E-state index contributed by atoms with van der Waals surface area (Å²) in [6.45, 7) is 2.30. The first-order valence-electron chi connectivity index (χ1n) is 6.83. The van der Waals surface area contributed by atoms with Crippen LogP contribution in [0.5, 0.6) is 11.5 Å². The second kappa shape index (κ2) is 7.94. The Balaban J connectivity index is 2.09. The van der Waals surface area contributed by atoms with Crippen LogP contribution >= 0.6 is 28.1 Å². The third-order valence-corrected chi connectivity index (χ3v) is 3.51. The Labute approximate surface area is 147 Å². The zero-order valence-electron chi connectivity index (χ0n) is 12.3. The molecule has 0 aromatic heterocycles. The molecule has 0 aliphatic rings. The molecule has 0 radical (unpaired) electrons. The summed E-state index contributed by atoms with van der Waals surface area (Å²) in [7, 11) is 0. The number of carbonyl (C=O) groups is 1. The molecule has 0 bridgehead atoms. The number of hydrogen-bond acceptors (Lipinski definition) is 4. The quantitative estimate of drug-likeness (QED) is 0.689. The maximum absolute atomic E-state index is 12.4. The molecule has 0 heterocycles. The Bertz CT molecular complexity index is 737. The van der Waals surface area contributed by atoms with Crippen molar-refractivity contribution in [1.82, 2.24) is 5.32 Å². The Morgan fingerprint density at radius 3 is 2.78 bits per heavy atom. The molecule has 2 aromatic rings. The van der Waals surface area contributed by atoms with Gasteiger partial charge in [-0.2, -0.15) is 0 Å². The van der Waals surface area contributed by atoms with Crippen molar-refractivity contribution in [1.29, 1.82) is 0 Å². The zero-order valence-corrected chi connectivity index (χ0v) is 14.7. The first kappa shape index (κ1) is 17.2. The first-order valence-corrected chi connectivity index (χ1v) is 8.03. The molecular formula is C16H15BrN2O3S. The highest BCUT2D eigenvalue weighted by atomic mass is 79.9. The highest BCUT2D eigenvalue weighted by molar-refractivity contribution is 9.10. The second-order valence-corrected chi connectivity index (χ2v) is 5.86. The maximum atomic E-state index is 12.4. The second-order valence-electron chi connectivity index (χ2n) is 4.53. The van der Waals surface area contributed by atoms with Gasteiger partial charge in [-0.25, -0.2) is 0 Å². The van der Waals surface area contributed by atoms with Crippen molar-refractivity contribution in [2.24, 2.45) is 0 Å². The Kier molecular flexibility index (Phi) is 5.95. The lowest BCUT2D eigenvalue weighted by atomic mass is 10.2. The topological polar surface area (TPSA) is 70.6 Å². The summed E-state index contributed by atoms with van der Waals surface area (Å²) >= 11 is 8.45. The van der Waals surface area contributed by atoms with Gasteiger partial charge in [0.15, 0.2) is 5.11 Å². The largest absolute Gasteiger partial charge is 0.508 e. The van der Waals surface area contributed by atoms with Crippen LogP contribution in [-0.4, -0.2) is 22.7 Å². The van der Waals surface area contributed by atoms with Gasteiger partial charge in [-0.1, -0.05) is 22.0 Å². The van der Waals surface area contributed by atoms with Crippen molar-refractivity contribution in [2.75, 3.05) is 11.9 Å². The highest BCUT2D eigenvalue weighted by Crippen LogP contribution is 2.23. The molecule has 2 rings (SSSR count). The molecule has 0 aliphatic heterocycles. The number of benzene rings is 2. The average molecular weight is 395 g/mol. The van der Waals surface area contributed by atoms with E-state index in [1.807, 2.05) is 6.92 Å². The number of phenolic OH excluding ortho intramolecular Hbond substituents is 1. The molecule has 0 spiro atoms. The molecule has 0 unspecified atom stereocenters. The van der Waals surface area contributed by atoms with Crippen molar-refractivity contribution < 1.29 is 14.6 Å². The van der Waals surface area contributed by atoms with Crippen LogP contribution in [-0.2, 0) is 0 Å².